The molecule has 1 aromatic heterocycles. The lowest BCUT2D eigenvalue weighted by Crippen LogP contribution is -2.38. The van der Waals surface area contributed by atoms with Crippen LogP contribution < -0.4 is 0 Å². The van der Waals surface area contributed by atoms with Crippen molar-refractivity contribution >= 4 is 17.1 Å². The van der Waals surface area contributed by atoms with E-state index >= 15 is 0 Å². The van der Waals surface area contributed by atoms with E-state index in [-0.39, 0.29) is 0 Å². The largest absolute Gasteiger partial charge is 0.293 e. The highest BCUT2D eigenvalue weighted by atomic mass is 32.1. The van der Waals surface area contributed by atoms with Crippen molar-refractivity contribution < 1.29 is 4.79 Å². The van der Waals surface area contributed by atoms with E-state index in [1.807, 2.05) is 12.1 Å². The van der Waals surface area contributed by atoms with Gasteiger partial charge in [0.05, 0.1) is 11.4 Å². The lowest BCUT2D eigenvalue weighted by atomic mass is 10.1. The number of aryl methyl sites for hydroxylation is 1. The Morgan fingerprint density at radius 1 is 1.35 bits per heavy atom. The molecule has 1 aliphatic carbocycles. The van der Waals surface area contributed by atoms with E-state index in [1.165, 1.54) is 37.0 Å². The second-order valence-electron chi connectivity index (χ2n) is 6.42. The summed E-state index contributed by atoms with van der Waals surface area (Å²) in [5, 5.41) is 0. The van der Waals surface area contributed by atoms with Crippen LogP contribution in [0.2, 0.25) is 0 Å². The van der Waals surface area contributed by atoms with Gasteiger partial charge in [0.15, 0.2) is 5.78 Å². The van der Waals surface area contributed by atoms with E-state index in [4.69, 9.17) is 0 Å². The van der Waals surface area contributed by atoms with Crippen molar-refractivity contribution in [2.24, 2.45) is 5.92 Å². The minimum atomic E-state index is 0.304. The predicted octanol–water partition coefficient (Wildman–Crippen LogP) is 4.53. The average molecular weight is 293 g/mol. The molecule has 1 aromatic rings. The van der Waals surface area contributed by atoms with Crippen LogP contribution in [0.1, 0.15) is 60.5 Å². The third-order valence-corrected chi connectivity index (χ3v) is 5.24. The molecule has 1 fully saturated rings. The molecule has 0 N–H and O–H groups in total. The van der Waals surface area contributed by atoms with Gasteiger partial charge in [0.25, 0.3) is 0 Å². The molecule has 0 bridgehead atoms. The minimum absolute atomic E-state index is 0.304. The summed E-state index contributed by atoms with van der Waals surface area (Å²) in [7, 11) is 0. The number of thiophene rings is 1. The topological polar surface area (TPSA) is 20.3 Å². The molecule has 112 valence electrons. The van der Waals surface area contributed by atoms with Crippen LogP contribution in [0.3, 0.4) is 0 Å². The summed E-state index contributed by atoms with van der Waals surface area (Å²) >= 11 is 1.63. The van der Waals surface area contributed by atoms with Gasteiger partial charge in [-0.15, -0.1) is 11.3 Å². The Kier molecular flexibility index (Phi) is 5.79. The normalized spacial score (nSPS) is 16.4. The van der Waals surface area contributed by atoms with E-state index < -0.39 is 0 Å². The molecule has 0 atom stereocenters. The van der Waals surface area contributed by atoms with Gasteiger partial charge in [-0.05, 0) is 50.8 Å². The molecule has 0 spiro atoms. The van der Waals surface area contributed by atoms with Crippen LogP contribution in [0.5, 0.6) is 0 Å². The smallest absolute Gasteiger partial charge is 0.186 e. The number of rotatable bonds is 7. The highest BCUT2D eigenvalue weighted by Gasteiger charge is 2.25. The van der Waals surface area contributed by atoms with E-state index in [2.05, 4.69) is 25.7 Å². The van der Waals surface area contributed by atoms with Gasteiger partial charge in [-0.3, -0.25) is 9.69 Å². The summed E-state index contributed by atoms with van der Waals surface area (Å²) in [6.07, 6.45) is 6.39. The van der Waals surface area contributed by atoms with E-state index in [0.717, 1.165) is 11.4 Å². The first-order valence-corrected chi connectivity index (χ1v) is 8.71. The first-order chi connectivity index (χ1) is 9.56. The maximum atomic E-state index is 12.4. The van der Waals surface area contributed by atoms with E-state index in [0.29, 0.717) is 24.3 Å². The third-order valence-electron chi connectivity index (χ3n) is 4.20. The summed E-state index contributed by atoms with van der Waals surface area (Å²) in [5.74, 6) is 1.01. The van der Waals surface area contributed by atoms with E-state index in [1.54, 1.807) is 11.3 Å². The van der Waals surface area contributed by atoms with Gasteiger partial charge in [0.1, 0.15) is 0 Å². The molecule has 20 heavy (non-hydrogen) atoms. The van der Waals surface area contributed by atoms with Crippen LogP contribution in [-0.4, -0.2) is 29.8 Å². The zero-order valence-electron chi connectivity index (χ0n) is 13.0. The molecule has 1 saturated carbocycles. The molecule has 0 radical (unpaired) electrons. The molecule has 0 saturated heterocycles. The Balaban J connectivity index is 1.96. The van der Waals surface area contributed by atoms with Crippen molar-refractivity contribution in [2.45, 2.75) is 58.9 Å². The Bertz CT molecular complexity index is 432. The van der Waals surface area contributed by atoms with Gasteiger partial charge in [-0.2, -0.15) is 0 Å². The summed E-state index contributed by atoms with van der Waals surface area (Å²) in [6.45, 7) is 8.26. The van der Waals surface area contributed by atoms with Crippen molar-refractivity contribution in [1.82, 2.24) is 4.90 Å². The Morgan fingerprint density at radius 3 is 2.60 bits per heavy atom. The number of ketones is 1. The molecule has 0 aliphatic heterocycles. The second-order valence-corrected chi connectivity index (χ2v) is 7.71. The molecule has 0 aromatic carbocycles. The monoisotopic (exact) mass is 293 g/mol. The molecule has 0 unspecified atom stereocenters. The van der Waals surface area contributed by atoms with Crippen molar-refractivity contribution in [2.75, 3.05) is 13.1 Å². The predicted molar refractivity (Wildman–Crippen MR) is 86.7 cm³/mol. The molecule has 1 aliphatic rings. The zero-order chi connectivity index (χ0) is 14.5. The quantitative estimate of drug-likeness (QED) is 0.688. The van der Waals surface area contributed by atoms with Gasteiger partial charge in [0, 0.05) is 10.9 Å². The highest BCUT2D eigenvalue weighted by molar-refractivity contribution is 7.14. The number of Topliss-reactive ketones (excluding diaryl/α,β-unsaturated/α-hetero) is 1. The lowest BCUT2D eigenvalue weighted by molar-refractivity contribution is 0.0890. The number of hydrogen-bond acceptors (Lipinski definition) is 3. The Labute approximate surface area is 127 Å². The minimum Gasteiger partial charge on any atom is -0.293 e. The fourth-order valence-corrected chi connectivity index (χ4v) is 3.73. The van der Waals surface area contributed by atoms with Gasteiger partial charge < -0.3 is 0 Å². The maximum Gasteiger partial charge on any atom is 0.186 e. The number of hydrogen-bond donors (Lipinski definition) is 0. The van der Waals surface area contributed by atoms with Crippen molar-refractivity contribution in [1.29, 1.82) is 0 Å². The van der Waals surface area contributed by atoms with Gasteiger partial charge in [0.2, 0.25) is 0 Å². The average Bonchev–Trinajstić information content (AvgIpc) is 3.04. The van der Waals surface area contributed by atoms with Crippen LogP contribution in [-0.2, 0) is 0 Å². The van der Waals surface area contributed by atoms with Crippen LogP contribution >= 0.6 is 11.3 Å². The first-order valence-electron chi connectivity index (χ1n) is 7.90. The van der Waals surface area contributed by atoms with Gasteiger partial charge in [-0.1, -0.05) is 26.7 Å². The standard InChI is InChI=1S/C17H27NOS/c1-13(2)10-11-18(15-6-4-5-7-15)12-16(19)17-9-8-14(3)20-17/h8-9,13,15H,4-7,10-12H2,1-3H3. The highest BCUT2D eigenvalue weighted by Crippen LogP contribution is 2.25. The SMILES string of the molecule is Cc1ccc(C(=O)CN(CCC(C)C)C2CCCC2)s1. The zero-order valence-corrected chi connectivity index (χ0v) is 13.8. The fourth-order valence-electron chi connectivity index (χ4n) is 2.93. The molecule has 3 heteroatoms. The Morgan fingerprint density at radius 2 is 2.05 bits per heavy atom. The summed E-state index contributed by atoms with van der Waals surface area (Å²) < 4.78 is 0. The fraction of sp³-hybridized carbons (Fsp3) is 0.706. The Hall–Kier alpha value is -0.670. The van der Waals surface area contributed by atoms with Crippen molar-refractivity contribution in [3.05, 3.63) is 21.9 Å². The first kappa shape index (κ1) is 15.7. The third kappa shape index (κ3) is 4.42. The summed E-state index contributed by atoms with van der Waals surface area (Å²) in [6, 6.07) is 4.67. The second kappa shape index (κ2) is 7.37. The van der Waals surface area contributed by atoms with Crippen LogP contribution in [0, 0.1) is 12.8 Å². The van der Waals surface area contributed by atoms with Crippen molar-refractivity contribution in [3.8, 4) is 0 Å². The van der Waals surface area contributed by atoms with Crippen LogP contribution in [0.25, 0.3) is 0 Å². The van der Waals surface area contributed by atoms with Gasteiger partial charge >= 0.3 is 0 Å². The van der Waals surface area contributed by atoms with E-state index in [9.17, 15) is 4.79 Å². The van der Waals surface area contributed by atoms with Crippen LogP contribution in [0.15, 0.2) is 12.1 Å². The molecular weight excluding hydrogens is 266 g/mol. The number of carbonyl (C=O) groups is 1. The molecule has 0 amide bonds. The summed E-state index contributed by atoms with van der Waals surface area (Å²) in [5.41, 5.74) is 0. The molecular formula is C17H27NOS. The number of nitrogens with zero attached hydrogens (tertiary/aromatic N) is 1. The van der Waals surface area contributed by atoms with Crippen LogP contribution in [0.4, 0.5) is 0 Å². The molecule has 2 rings (SSSR count). The van der Waals surface area contributed by atoms with Crippen molar-refractivity contribution in [3.63, 3.8) is 0 Å². The summed E-state index contributed by atoms with van der Waals surface area (Å²) in [4.78, 5) is 17.0. The number of carbonyl (C=O) groups excluding carboxylic acids is 1. The van der Waals surface area contributed by atoms with Gasteiger partial charge in [-0.25, -0.2) is 0 Å². The maximum absolute atomic E-state index is 12.4. The lowest BCUT2D eigenvalue weighted by Gasteiger charge is -2.28. The molecule has 1 heterocycles. The molecule has 2 nitrogen and oxygen atoms in total.